The van der Waals surface area contributed by atoms with E-state index in [1.54, 1.807) is 7.11 Å². The van der Waals surface area contributed by atoms with Gasteiger partial charge in [0, 0.05) is 0 Å². The zero-order valence-electron chi connectivity index (χ0n) is 8.23. The zero-order valence-corrected chi connectivity index (χ0v) is 8.23. The van der Waals surface area contributed by atoms with Crippen LogP contribution in [0.2, 0.25) is 0 Å². The summed E-state index contributed by atoms with van der Waals surface area (Å²) >= 11 is 0. The van der Waals surface area contributed by atoms with Gasteiger partial charge in [-0.2, -0.15) is 0 Å². The Kier molecular flexibility index (Phi) is 2.86. The third-order valence-electron chi connectivity index (χ3n) is 2.46. The van der Waals surface area contributed by atoms with Crippen molar-refractivity contribution in [3.8, 4) is 0 Å². The van der Waals surface area contributed by atoms with Crippen molar-refractivity contribution in [3.05, 3.63) is 23.5 Å². The van der Waals surface area contributed by atoms with Crippen molar-refractivity contribution in [1.29, 1.82) is 0 Å². The summed E-state index contributed by atoms with van der Waals surface area (Å²) in [6.45, 7) is 0.972. The quantitative estimate of drug-likeness (QED) is 0.717. The molecule has 78 valence electrons. The summed E-state index contributed by atoms with van der Waals surface area (Å²) in [6.07, 6.45) is 4.83. The number of fused-ring (bicyclic) bond motifs is 1. The van der Waals surface area contributed by atoms with Crippen LogP contribution >= 0.6 is 0 Å². The smallest absolute Gasteiger partial charge is 0.148 e. The molecule has 1 aliphatic carbocycles. The average molecular weight is 197 g/mol. The first-order valence-electron chi connectivity index (χ1n) is 4.74. The van der Waals surface area contributed by atoms with Gasteiger partial charge in [-0.1, -0.05) is 0 Å². The summed E-state index contributed by atoms with van der Waals surface area (Å²) in [5, 5.41) is 0. The first-order chi connectivity index (χ1) is 6.85. The number of methoxy groups -OCH3 is 1. The van der Waals surface area contributed by atoms with Gasteiger partial charge in [0.15, 0.2) is 0 Å². The number of ether oxygens (including phenoxy) is 3. The number of hydrogen-bond donors (Lipinski definition) is 1. The minimum atomic E-state index is -0.0680. The lowest BCUT2D eigenvalue weighted by Gasteiger charge is -2.22. The predicted octanol–water partition coefficient (Wildman–Crippen LogP) is 0.547. The molecule has 0 aromatic carbocycles. The fourth-order valence-corrected chi connectivity index (χ4v) is 1.77. The summed E-state index contributed by atoms with van der Waals surface area (Å²) in [7, 11) is 1.65. The largest absolute Gasteiger partial charge is 0.498 e. The SMILES string of the molecule is COC1=CC(CCN)=CC2OCOC12. The molecule has 0 spiro atoms. The normalized spacial score (nSPS) is 30.7. The predicted molar refractivity (Wildman–Crippen MR) is 51.5 cm³/mol. The van der Waals surface area contributed by atoms with Gasteiger partial charge in [-0.25, -0.2) is 0 Å². The number of allylic oxidation sites excluding steroid dienone is 1. The second-order valence-electron chi connectivity index (χ2n) is 3.37. The van der Waals surface area contributed by atoms with E-state index >= 15 is 0 Å². The highest BCUT2D eigenvalue weighted by molar-refractivity contribution is 5.31. The second-order valence-corrected chi connectivity index (χ2v) is 3.37. The molecule has 1 fully saturated rings. The Bertz CT molecular complexity index is 273. The molecule has 0 aromatic rings. The average Bonchev–Trinajstić information content (AvgIpc) is 2.65. The van der Waals surface area contributed by atoms with Crippen LogP contribution in [0.4, 0.5) is 0 Å². The summed E-state index contributed by atoms with van der Waals surface area (Å²) in [4.78, 5) is 0. The van der Waals surface area contributed by atoms with E-state index in [-0.39, 0.29) is 12.2 Å². The Morgan fingerprint density at radius 1 is 1.57 bits per heavy atom. The van der Waals surface area contributed by atoms with Gasteiger partial charge in [-0.05, 0) is 30.7 Å². The Labute approximate surface area is 83.3 Å². The molecule has 0 aromatic heterocycles. The van der Waals surface area contributed by atoms with Gasteiger partial charge >= 0.3 is 0 Å². The lowest BCUT2D eigenvalue weighted by molar-refractivity contribution is 0.0393. The molecule has 2 rings (SSSR count). The summed E-state index contributed by atoms with van der Waals surface area (Å²) in [5.41, 5.74) is 6.66. The molecule has 1 heterocycles. The molecular weight excluding hydrogens is 182 g/mol. The van der Waals surface area contributed by atoms with Crippen molar-refractivity contribution in [1.82, 2.24) is 0 Å². The van der Waals surface area contributed by atoms with Crippen LogP contribution in [0.5, 0.6) is 0 Å². The second kappa shape index (κ2) is 4.13. The maximum atomic E-state index is 5.50. The van der Waals surface area contributed by atoms with Crippen molar-refractivity contribution in [2.24, 2.45) is 5.73 Å². The Morgan fingerprint density at radius 3 is 3.14 bits per heavy atom. The van der Waals surface area contributed by atoms with Crippen molar-refractivity contribution in [2.75, 3.05) is 20.4 Å². The minimum absolute atomic E-state index is 0.00324. The summed E-state index contributed by atoms with van der Waals surface area (Å²) in [6, 6.07) is 0. The van der Waals surface area contributed by atoms with Crippen molar-refractivity contribution >= 4 is 0 Å². The fraction of sp³-hybridized carbons (Fsp3) is 0.600. The molecule has 0 saturated carbocycles. The molecule has 2 unspecified atom stereocenters. The van der Waals surface area contributed by atoms with E-state index < -0.39 is 0 Å². The van der Waals surface area contributed by atoms with E-state index in [9.17, 15) is 0 Å². The molecule has 0 radical (unpaired) electrons. The highest BCUT2D eigenvalue weighted by Gasteiger charge is 2.34. The maximum absolute atomic E-state index is 5.50. The molecule has 0 amide bonds. The molecule has 2 atom stereocenters. The summed E-state index contributed by atoms with van der Waals surface area (Å²) < 4.78 is 16.1. The molecular formula is C10H15NO3. The van der Waals surface area contributed by atoms with Gasteiger partial charge in [0.2, 0.25) is 0 Å². The molecule has 14 heavy (non-hydrogen) atoms. The fourth-order valence-electron chi connectivity index (χ4n) is 1.77. The number of rotatable bonds is 3. The molecule has 1 saturated heterocycles. The Balaban J connectivity index is 2.17. The van der Waals surface area contributed by atoms with Gasteiger partial charge in [-0.3, -0.25) is 0 Å². The van der Waals surface area contributed by atoms with Crippen LogP contribution in [0.25, 0.3) is 0 Å². The van der Waals surface area contributed by atoms with E-state index in [1.807, 2.05) is 6.08 Å². The third kappa shape index (κ3) is 1.68. The van der Waals surface area contributed by atoms with Gasteiger partial charge in [0.25, 0.3) is 0 Å². The van der Waals surface area contributed by atoms with E-state index in [1.165, 1.54) is 0 Å². The lowest BCUT2D eigenvalue weighted by Crippen LogP contribution is -2.27. The Hall–Kier alpha value is -0.840. The van der Waals surface area contributed by atoms with E-state index in [4.69, 9.17) is 19.9 Å². The standard InChI is InChI=1S/C10H15NO3/c1-12-8-4-7(2-3-11)5-9-10(8)14-6-13-9/h4-5,9-10H,2-3,6,11H2,1H3. The summed E-state index contributed by atoms with van der Waals surface area (Å²) in [5.74, 6) is 0.832. The van der Waals surface area contributed by atoms with Gasteiger partial charge in [0.05, 0.1) is 7.11 Å². The molecule has 2 aliphatic rings. The molecule has 4 heteroatoms. The lowest BCUT2D eigenvalue weighted by atomic mass is 9.98. The molecule has 2 N–H and O–H groups in total. The van der Waals surface area contributed by atoms with Crippen molar-refractivity contribution < 1.29 is 14.2 Å². The number of nitrogens with two attached hydrogens (primary N) is 1. The molecule has 0 bridgehead atoms. The molecule has 1 aliphatic heterocycles. The maximum Gasteiger partial charge on any atom is 0.148 e. The topological polar surface area (TPSA) is 53.7 Å². The zero-order chi connectivity index (χ0) is 9.97. The number of hydrogen-bond acceptors (Lipinski definition) is 4. The monoisotopic (exact) mass is 197 g/mol. The van der Waals surface area contributed by atoms with E-state index in [0.717, 1.165) is 17.8 Å². The first-order valence-corrected chi connectivity index (χ1v) is 4.74. The highest BCUT2D eigenvalue weighted by Crippen LogP contribution is 2.28. The van der Waals surface area contributed by atoms with Crippen LogP contribution in [-0.4, -0.2) is 32.7 Å². The van der Waals surface area contributed by atoms with Gasteiger partial charge in [0.1, 0.15) is 24.8 Å². The van der Waals surface area contributed by atoms with Crippen LogP contribution in [0, 0.1) is 0 Å². The van der Waals surface area contributed by atoms with Crippen molar-refractivity contribution in [2.45, 2.75) is 18.6 Å². The Morgan fingerprint density at radius 2 is 2.43 bits per heavy atom. The highest BCUT2D eigenvalue weighted by atomic mass is 16.7. The van der Waals surface area contributed by atoms with Crippen LogP contribution in [0.15, 0.2) is 23.5 Å². The van der Waals surface area contributed by atoms with E-state index in [0.29, 0.717) is 13.3 Å². The van der Waals surface area contributed by atoms with Crippen LogP contribution in [0.1, 0.15) is 6.42 Å². The van der Waals surface area contributed by atoms with Crippen LogP contribution in [-0.2, 0) is 14.2 Å². The van der Waals surface area contributed by atoms with Crippen LogP contribution in [0.3, 0.4) is 0 Å². The van der Waals surface area contributed by atoms with E-state index in [2.05, 4.69) is 6.08 Å². The third-order valence-corrected chi connectivity index (χ3v) is 2.46. The van der Waals surface area contributed by atoms with Gasteiger partial charge in [-0.15, -0.1) is 0 Å². The first kappa shape index (κ1) is 9.71. The molecule has 4 nitrogen and oxygen atoms in total. The van der Waals surface area contributed by atoms with Gasteiger partial charge < -0.3 is 19.9 Å². The minimum Gasteiger partial charge on any atom is -0.498 e. The van der Waals surface area contributed by atoms with Crippen molar-refractivity contribution in [3.63, 3.8) is 0 Å². The van der Waals surface area contributed by atoms with Crippen LogP contribution < -0.4 is 5.73 Å².